The number of anilines is 1. The second kappa shape index (κ2) is 6.16. The van der Waals surface area contributed by atoms with Crippen LogP contribution >= 0.6 is 27.7 Å². The van der Waals surface area contributed by atoms with Crippen LogP contribution in [0, 0.1) is 0 Å². The molecule has 0 spiro atoms. The smallest absolute Gasteiger partial charge is 0.264 e. The Hall–Kier alpha value is -1.38. The van der Waals surface area contributed by atoms with Gasteiger partial charge in [0.25, 0.3) is 10.0 Å². The van der Waals surface area contributed by atoms with Gasteiger partial charge in [-0.15, -0.1) is 11.8 Å². The van der Waals surface area contributed by atoms with Crippen molar-refractivity contribution in [3.8, 4) is 11.5 Å². The van der Waals surface area contributed by atoms with E-state index in [9.17, 15) is 8.42 Å². The fourth-order valence-corrected chi connectivity index (χ4v) is 5.95. The van der Waals surface area contributed by atoms with Crippen LogP contribution in [0.3, 0.4) is 0 Å². The average Bonchev–Trinajstić information content (AvgIpc) is 2.60. The maximum Gasteiger partial charge on any atom is 0.264 e. The molecule has 0 saturated carbocycles. The second-order valence-corrected chi connectivity index (χ2v) is 9.26. The van der Waals surface area contributed by atoms with Gasteiger partial charge in [0.2, 0.25) is 0 Å². The van der Waals surface area contributed by atoms with Crippen LogP contribution in [0.2, 0.25) is 0 Å². The fraction of sp³-hybridized carbons (Fsp3) is 0.250. The van der Waals surface area contributed by atoms with Crippen molar-refractivity contribution in [1.82, 2.24) is 0 Å². The summed E-state index contributed by atoms with van der Waals surface area (Å²) < 4.78 is 39.6. The van der Waals surface area contributed by atoms with E-state index in [1.165, 1.54) is 4.31 Å². The van der Waals surface area contributed by atoms with E-state index in [4.69, 9.17) is 9.47 Å². The van der Waals surface area contributed by atoms with Gasteiger partial charge < -0.3 is 9.47 Å². The molecule has 2 aliphatic rings. The summed E-state index contributed by atoms with van der Waals surface area (Å²) in [6, 6.07) is 10.4. The van der Waals surface area contributed by atoms with Gasteiger partial charge in [-0.1, -0.05) is 15.9 Å². The molecule has 5 nitrogen and oxygen atoms in total. The molecule has 2 heterocycles. The number of sulfonamides is 1. The molecule has 0 fully saturated rings. The molecule has 4 rings (SSSR count). The number of halogens is 1. The molecular weight excluding hydrogens is 414 g/mol. The molecule has 2 aromatic carbocycles. The van der Waals surface area contributed by atoms with Crippen molar-refractivity contribution in [3.05, 3.63) is 40.9 Å². The zero-order valence-electron chi connectivity index (χ0n) is 12.6. The van der Waals surface area contributed by atoms with Crippen molar-refractivity contribution in [3.63, 3.8) is 0 Å². The van der Waals surface area contributed by atoms with E-state index in [-0.39, 0.29) is 4.90 Å². The van der Waals surface area contributed by atoms with Gasteiger partial charge in [0.1, 0.15) is 13.2 Å². The summed E-state index contributed by atoms with van der Waals surface area (Å²) in [6.45, 7) is 1.34. The lowest BCUT2D eigenvalue weighted by atomic mass is 10.3. The molecule has 126 valence electrons. The summed E-state index contributed by atoms with van der Waals surface area (Å²) in [4.78, 5) is 1.17. The first kappa shape index (κ1) is 16.1. The SMILES string of the molecule is O=S(=O)(c1ccc2c(c1)OCCO2)N1CCSc2cc(Br)ccc21. The minimum absolute atomic E-state index is 0.215. The number of rotatable bonds is 2. The van der Waals surface area contributed by atoms with Gasteiger partial charge in [-0.2, -0.15) is 0 Å². The minimum atomic E-state index is -3.65. The van der Waals surface area contributed by atoms with Crippen LogP contribution in [0.4, 0.5) is 5.69 Å². The Bertz CT molecular complexity index is 901. The zero-order valence-corrected chi connectivity index (χ0v) is 15.8. The average molecular weight is 428 g/mol. The Kier molecular flexibility index (Phi) is 4.14. The highest BCUT2D eigenvalue weighted by atomic mass is 79.9. The van der Waals surface area contributed by atoms with Gasteiger partial charge in [-0.25, -0.2) is 8.42 Å². The highest BCUT2D eigenvalue weighted by Gasteiger charge is 2.30. The Labute approximate surface area is 153 Å². The minimum Gasteiger partial charge on any atom is -0.486 e. The van der Waals surface area contributed by atoms with E-state index in [1.807, 2.05) is 18.2 Å². The molecule has 0 N–H and O–H groups in total. The van der Waals surface area contributed by atoms with Crippen molar-refractivity contribution in [1.29, 1.82) is 0 Å². The highest BCUT2D eigenvalue weighted by molar-refractivity contribution is 9.10. The van der Waals surface area contributed by atoms with Crippen LogP contribution in [0.15, 0.2) is 50.7 Å². The van der Waals surface area contributed by atoms with Gasteiger partial charge in [0.15, 0.2) is 11.5 Å². The number of thioether (sulfide) groups is 1. The third kappa shape index (κ3) is 2.76. The van der Waals surface area contributed by atoms with Crippen molar-refractivity contribution < 1.29 is 17.9 Å². The van der Waals surface area contributed by atoms with Crippen LogP contribution in [0.1, 0.15) is 0 Å². The van der Waals surface area contributed by atoms with Gasteiger partial charge in [0.05, 0.1) is 10.6 Å². The third-order valence-corrected chi connectivity index (χ3v) is 7.17. The Morgan fingerprint density at radius 3 is 2.67 bits per heavy atom. The van der Waals surface area contributed by atoms with E-state index in [0.717, 1.165) is 9.37 Å². The molecule has 8 heteroatoms. The van der Waals surface area contributed by atoms with Crippen LogP contribution in [-0.2, 0) is 10.0 Å². The predicted molar refractivity (Wildman–Crippen MR) is 96.8 cm³/mol. The lowest BCUT2D eigenvalue weighted by Gasteiger charge is -2.30. The maximum absolute atomic E-state index is 13.1. The summed E-state index contributed by atoms with van der Waals surface area (Å²) in [5.41, 5.74) is 0.712. The molecule has 0 aromatic heterocycles. The standard InChI is InChI=1S/C16H14BrNO4S2/c17-11-1-3-13-16(9-11)23-8-5-18(13)24(19,20)12-2-4-14-15(10-12)22-7-6-21-14/h1-4,9-10H,5-8H2. The zero-order chi connectivity index (χ0) is 16.7. The summed E-state index contributed by atoms with van der Waals surface area (Å²) in [5.74, 6) is 1.77. The third-order valence-electron chi connectivity index (χ3n) is 3.84. The van der Waals surface area contributed by atoms with Crippen LogP contribution < -0.4 is 13.8 Å². The molecule has 0 atom stereocenters. The van der Waals surface area contributed by atoms with Crippen LogP contribution in [-0.4, -0.2) is 33.9 Å². The van der Waals surface area contributed by atoms with E-state index >= 15 is 0 Å². The number of hydrogen-bond acceptors (Lipinski definition) is 5. The Balaban J connectivity index is 1.76. The molecular formula is C16H14BrNO4S2. The van der Waals surface area contributed by atoms with Gasteiger partial charge in [-0.3, -0.25) is 4.31 Å². The monoisotopic (exact) mass is 427 g/mol. The molecule has 24 heavy (non-hydrogen) atoms. The number of benzene rings is 2. The largest absolute Gasteiger partial charge is 0.486 e. The lowest BCUT2D eigenvalue weighted by molar-refractivity contribution is 0.171. The van der Waals surface area contributed by atoms with Crippen molar-refractivity contribution in [2.24, 2.45) is 0 Å². The van der Waals surface area contributed by atoms with Gasteiger partial charge in [-0.05, 0) is 30.3 Å². The second-order valence-electron chi connectivity index (χ2n) is 5.34. The number of hydrogen-bond donors (Lipinski definition) is 0. The topological polar surface area (TPSA) is 55.8 Å². The van der Waals surface area contributed by atoms with Crippen LogP contribution in [0.5, 0.6) is 11.5 Å². The summed E-state index contributed by atoms with van der Waals surface area (Å²) >= 11 is 5.10. The Morgan fingerprint density at radius 2 is 1.83 bits per heavy atom. The molecule has 2 aliphatic heterocycles. The Morgan fingerprint density at radius 1 is 1.04 bits per heavy atom. The molecule has 0 unspecified atom stereocenters. The van der Waals surface area contributed by atoms with E-state index in [0.29, 0.717) is 42.7 Å². The molecule has 2 aromatic rings. The summed E-state index contributed by atoms with van der Waals surface area (Å²) in [7, 11) is -3.65. The predicted octanol–water partition coefficient (Wildman–Crippen LogP) is 3.52. The van der Waals surface area contributed by atoms with E-state index in [1.54, 1.807) is 30.0 Å². The van der Waals surface area contributed by atoms with Gasteiger partial charge >= 0.3 is 0 Å². The highest BCUT2D eigenvalue weighted by Crippen LogP contribution is 2.40. The number of fused-ring (bicyclic) bond motifs is 2. The summed E-state index contributed by atoms with van der Waals surface area (Å²) in [6.07, 6.45) is 0. The van der Waals surface area contributed by atoms with E-state index in [2.05, 4.69) is 15.9 Å². The summed E-state index contributed by atoms with van der Waals surface area (Å²) in [5, 5.41) is 0. The van der Waals surface area contributed by atoms with Crippen molar-refractivity contribution in [2.45, 2.75) is 9.79 Å². The maximum atomic E-state index is 13.1. The fourth-order valence-electron chi connectivity index (χ4n) is 2.73. The number of ether oxygens (including phenoxy) is 2. The normalized spacial score (nSPS) is 16.6. The lowest BCUT2D eigenvalue weighted by Crippen LogP contribution is -2.35. The molecule has 0 radical (unpaired) electrons. The van der Waals surface area contributed by atoms with E-state index < -0.39 is 10.0 Å². The van der Waals surface area contributed by atoms with Crippen molar-refractivity contribution in [2.75, 3.05) is 29.8 Å². The molecule has 0 bridgehead atoms. The molecule has 0 aliphatic carbocycles. The van der Waals surface area contributed by atoms with Crippen molar-refractivity contribution >= 4 is 43.4 Å². The molecule has 0 amide bonds. The quantitative estimate of drug-likeness (QED) is 0.733. The first-order valence-corrected chi connectivity index (χ1v) is 10.6. The first-order chi connectivity index (χ1) is 11.6. The molecule has 0 saturated heterocycles. The number of nitrogens with zero attached hydrogens (tertiary/aromatic N) is 1. The first-order valence-electron chi connectivity index (χ1n) is 7.40. The van der Waals surface area contributed by atoms with Crippen LogP contribution in [0.25, 0.3) is 0 Å². The van der Waals surface area contributed by atoms with Gasteiger partial charge in [0, 0.05) is 27.7 Å².